The molecule has 23 heavy (non-hydrogen) atoms. The summed E-state index contributed by atoms with van der Waals surface area (Å²) in [5, 5.41) is 0.566. The van der Waals surface area contributed by atoms with Crippen molar-refractivity contribution < 1.29 is 17.9 Å². The van der Waals surface area contributed by atoms with Crippen molar-refractivity contribution >= 4 is 21.6 Å². The highest BCUT2D eigenvalue weighted by atomic mass is 35.5. The van der Waals surface area contributed by atoms with Gasteiger partial charge in [-0.15, -0.1) is 0 Å². The topological polar surface area (TPSA) is 64.6 Å². The van der Waals surface area contributed by atoms with Crippen LogP contribution in [0.5, 0.6) is 11.5 Å². The van der Waals surface area contributed by atoms with E-state index >= 15 is 0 Å². The van der Waals surface area contributed by atoms with Crippen LogP contribution in [0, 0.1) is 6.92 Å². The van der Waals surface area contributed by atoms with E-state index in [4.69, 9.17) is 21.1 Å². The van der Waals surface area contributed by atoms with E-state index in [1.165, 1.54) is 26.4 Å². The quantitative estimate of drug-likeness (QED) is 0.864. The van der Waals surface area contributed by atoms with Gasteiger partial charge in [-0.05, 0) is 42.3 Å². The van der Waals surface area contributed by atoms with Gasteiger partial charge in [0, 0.05) is 17.6 Å². The zero-order chi connectivity index (χ0) is 17.0. The lowest BCUT2D eigenvalue weighted by atomic mass is 10.1. The first kappa shape index (κ1) is 17.6. The predicted octanol–water partition coefficient (Wildman–Crippen LogP) is 3.14. The fraction of sp³-hybridized carbons (Fsp3) is 0.250. The summed E-state index contributed by atoms with van der Waals surface area (Å²) in [4.78, 5) is 0.106. The molecule has 0 atom stereocenters. The summed E-state index contributed by atoms with van der Waals surface area (Å²) in [6, 6.07) is 9.80. The molecular formula is C16H18ClNO4S. The molecule has 124 valence electrons. The van der Waals surface area contributed by atoms with Gasteiger partial charge in [-0.2, -0.15) is 0 Å². The van der Waals surface area contributed by atoms with Crippen LogP contribution >= 0.6 is 11.6 Å². The van der Waals surface area contributed by atoms with Crippen molar-refractivity contribution in [2.75, 3.05) is 14.2 Å². The summed E-state index contributed by atoms with van der Waals surface area (Å²) < 4.78 is 37.7. The molecule has 0 saturated heterocycles. The fourth-order valence-corrected chi connectivity index (χ4v) is 3.29. The van der Waals surface area contributed by atoms with E-state index in [1.807, 2.05) is 13.0 Å². The van der Waals surface area contributed by atoms with Crippen molar-refractivity contribution in [1.82, 2.24) is 4.72 Å². The number of hydrogen-bond donors (Lipinski definition) is 1. The Bertz CT molecular complexity index is 806. The fourth-order valence-electron chi connectivity index (χ4n) is 2.07. The lowest BCUT2D eigenvalue weighted by molar-refractivity contribution is 0.354. The van der Waals surface area contributed by atoms with Gasteiger partial charge in [-0.3, -0.25) is 0 Å². The second kappa shape index (κ2) is 7.21. The molecule has 0 aromatic heterocycles. The van der Waals surface area contributed by atoms with Crippen LogP contribution < -0.4 is 14.2 Å². The molecule has 0 spiro atoms. The lowest BCUT2D eigenvalue weighted by Gasteiger charge is -2.12. The molecule has 0 aliphatic carbocycles. The SMILES string of the molecule is COc1ccc(S(=O)(=O)NCc2cc(Cl)ccc2C)cc1OC. The summed E-state index contributed by atoms with van der Waals surface area (Å²) in [6.07, 6.45) is 0. The molecule has 5 nitrogen and oxygen atoms in total. The number of sulfonamides is 1. The maximum atomic E-state index is 12.4. The van der Waals surface area contributed by atoms with Crippen molar-refractivity contribution in [3.05, 3.63) is 52.5 Å². The smallest absolute Gasteiger partial charge is 0.241 e. The van der Waals surface area contributed by atoms with Gasteiger partial charge in [0.05, 0.1) is 19.1 Å². The van der Waals surface area contributed by atoms with E-state index in [2.05, 4.69) is 4.72 Å². The van der Waals surface area contributed by atoms with Gasteiger partial charge in [0.25, 0.3) is 0 Å². The minimum atomic E-state index is -3.67. The van der Waals surface area contributed by atoms with Gasteiger partial charge < -0.3 is 9.47 Å². The maximum Gasteiger partial charge on any atom is 0.241 e. The average molecular weight is 356 g/mol. The number of ether oxygens (including phenoxy) is 2. The molecular weight excluding hydrogens is 338 g/mol. The molecule has 0 aliphatic heterocycles. The van der Waals surface area contributed by atoms with E-state index in [1.54, 1.807) is 18.2 Å². The van der Waals surface area contributed by atoms with Crippen LogP contribution in [0.25, 0.3) is 0 Å². The van der Waals surface area contributed by atoms with E-state index in [0.717, 1.165) is 11.1 Å². The largest absolute Gasteiger partial charge is 0.493 e. The maximum absolute atomic E-state index is 12.4. The molecule has 0 aliphatic rings. The molecule has 1 N–H and O–H groups in total. The van der Waals surface area contributed by atoms with Crippen LogP contribution in [0.15, 0.2) is 41.3 Å². The molecule has 2 aromatic carbocycles. The number of methoxy groups -OCH3 is 2. The third-order valence-electron chi connectivity index (χ3n) is 3.43. The molecule has 0 saturated carbocycles. The first-order valence-electron chi connectivity index (χ1n) is 6.84. The predicted molar refractivity (Wildman–Crippen MR) is 89.8 cm³/mol. The van der Waals surface area contributed by atoms with Gasteiger partial charge in [0.1, 0.15) is 0 Å². The monoisotopic (exact) mass is 355 g/mol. The standard InChI is InChI=1S/C16H18ClNO4S/c1-11-4-5-13(17)8-12(11)10-18-23(19,20)14-6-7-15(21-2)16(9-14)22-3/h4-9,18H,10H2,1-3H3. The molecule has 0 bridgehead atoms. The molecule has 0 fully saturated rings. The lowest BCUT2D eigenvalue weighted by Crippen LogP contribution is -2.23. The summed E-state index contributed by atoms with van der Waals surface area (Å²) in [6.45, 7) is 2.06. The number of hydrogen-bond acceptors (Lipinski definition) is 4. The zero-order valence-corrected chi connectivity index (χ0v) is 14.7. The number of nitrogens with one attached hydrogen (secondary N) is 1. The Morgan fingerprint density at radius 2 is 1.74 bits per heavy atom. The minimum absolute atomic E-state index is 0.106. The molecule has 0 heterocycles. The van der Waals surface area contributed by atoms with Crippen molar-refractivity contribution in [1.29, 1.82) is 0 Å². The van der Waals surface area contributed by atoms with Crippen molar-refractivity contribution in [2.24, 2.45) is 0 Å². The highest BCUT2D eigenvalue weighted by Gasteiger charge is 2.17. The Morgan fingerprint density at radius 3 is 2.39 bits per heavy atom. The number of halogens is 1. The highest BCUT2D eigenvalue weighted by Crippen LogP contribution is 2.29. The van der Waals surface area contributed by atoms with Gasteiger partial charge >= 0.3 is 0 Å². The van der Waals surface area contributed by atoms with Crippen LogP contribution in [-0.2, 0) is 16.6 Å². The van der Waals surface area contributed by atoms with E-state index < -0.39 is 10.0 Å². The van der Waals surface area contributed by atoms with E-state index in [0.29, 0.717) is 16.5 Å². The van der Waals surface area contributed by atoms with Crippen LogP contribution in [0.3, 0.4) is 0 Å². The van der Waals surface area contributed by atoms with E-state index in [9.17, 15) is 8.42 Å². The highest BCUT2D eigenvalue weighted by molar-refractivity contribution is 7.89. The molecule has 0 unspecified atom stereocenters. The molecule has 0 amide bonds. The Kier molecular flexibility index (Phi) is 5.51. The average Bonchev–Trinajstić information content (AvgIpc) is 2.55. The van der Waals surface area contributed by atoms with Crippen LogP contribution in [0.1, 0.15) is 11.1 Å². The Morgan fingerprint density at radius 1 is 1.04 bits per heavy atom. The van der Waals surface area contributed by atoms with Gasteiger partial charge in [0.2, 0.25) is 10.0 Å². The van der Waals surface area contributed by atoms with Crippen LogP contribution in [-0.4, -0.2) is 22.6 Å². The first-order valence-corrected chi connectivity index (χ1v) is 8.70. The Labute approximate surface area is 141 Å². The van der Waals surface area contributed by atoms with Crippen LogP contribution in [0.2, 0.25) is 5.02 Å². The third kappa shape index (κ3) is 4.16. The van der Waals surface area contributed by atoms with E-state index in [-0.39, 0.29) is 11.4 Å². The van der Waals surface area contributed by atoms with Crippen molar-refractivity contribution in [2.45, 2.75) is 18.4 Å². The van der Waals surface area contributed by atoms with Crippen molar-refractivity contribution in [3.8, 4) is 11.5 Å². The summed E-state index contributed by atoms with van der Waals surface area (Å²) in [5.74, 6) is 0.825. The molecule has 7 heteroatoms. The Hall–Kier alpha value is -1.76. The second-order valence-corrected chi connectivity index (χ2v) is 7.12. The van der Waals surface area contributed by atoms with Gasteiger partial charge in [-0.25, -0.2) is 13.1 Å². The summed E-state index contributed by atoms with van der Waals surface area (Å²) in [5.41, 5.74) is 1.78. The molecule has 0 radical (unpaired) electrons. The van der Waals surface area contributed by atoms with Crippen molar-refractivity contribution in [3.63, 3.8) is 0 Å². The number of rotatable bonds is 6. The minimum Gasteiger partial charge on any atom is -0.493 e. The molecule has 2 aromatic rings. The number of aryl methyl sites for hydroxylation is 1. The normalized spacial score (nSPS) is 11.3. The van der Waals surface area contributed by atoms with Gasteiger partial charge in [0.15, 0.2) is 11.5 Å². The summed E-state index contributed by atoms with van der Waals surface area (Å²) in [7, 11) is -0.727. The second-order valence-electron chi connectivity index (χ2n) is 4.91. The Balaban J connectivity index is 2.23. The van der Waals surface area contributed by atoms with Crippen LogP contribution in [0.4, 0.5) is 0 Å². The summed E-state index contributed by atoms with van der Waals surface area (Å²) >= 11 is 5.95. The van der Waals surface area contributed by atoms with Gasteiger partial charge in [-0.1, -0.05) is 17.7 Å². The first-order chi connectivity index (χ1) is 10.9. The zero-order valence-electron chi connectivity index (χ0n) is 13.1. The number of benzene rings is 2. The molecule has 2 rings (SSSR count). The third-order valence-corrected chi connectivity index (χ3v) is 5.06.